The van der Waals surface area contributed by atoms with Gasteiger partial charge in [0.25, 0.3) is 0 Å². The van der Waals surface area contributed by atoms with Gasteiger partial charge in [0.1, 0.15) is 0 Å². The predicted octanol–water partition coefficient (Wildman–Crippen LogP) is 7.08. The molecule has 0 atom stereocenters. The van der Waals surface area contributed by atoms with Gasteiger partial charge in [-0.2, -0.15) is 0 Å². The summed E-state index contributed by atoms with van der Waals surface area (Å²) in [7, 11) is 4.82. The van der Waals surface area contributed by atoms with Gasteiger partial charge in [-0.15, -0.1) is 0 Å². The van der Waals surface area contributed by atoms with E-state index in [2.05, 4.69) is 83.2 Å². The van der Waals surface area contributed by atoms with E-state index >= 15 is 0 Å². The summed E-state index contributed by atoms with van der Waals surface area (Å²) in [5, 5.41) is 7.09. The number of nitrogens with one attached hydrogen (secondary N) is 1. The van der Waals surface area contributed by atoms with Crippen molar-refractivity contribution in [2.24, 2.45) is 0 Å². The number of ether oxygens (including phenoxy) is 3. The molecule has 0 aliphatic heterocycles. The van der Waals surface area contributed by atoms with Crippen LogP contribution in [-0.4, -0.2) is 25.9 Å². The Kier molecular flexibility index (Phi) is 5.60. The van der Waals surface area contributed by atoms with Gasteiger partial charge in [-0.3, -0.25) is 0 Å². The van der Waals surface area contributed by atoms with Gasteiger partial charge >= 0.3 is 0 Å². The highest BCUT2D eigenvalue weighted by molar-refractivity contribution is 5.96. The van der Waals surface area contributed by atoms with Crippen molar-refractivity contribution in [2.45, 2.75) is 0 Å². The first kappa shape index (κ1) is 21.5. The van der Waals surface area contributed by atoms with Gasteiger partial charge < -0.3 is 24.1 Å². The average molecular weight is 451 g/mol. The van der Waals surface area contributed by atoms with Crippen LogP contribution in [0.4, 0.5) is 11.4 Å². The molecule has 1 N–H and O–H groups in total. The van der Waals surface area contributed by atoms with Crippen LogP contribution in [0.2, 0.25) is 0 Å². The Bertz CT molecular complexity index is 1490. The molecule has 1 aromatic heterocycles. The highest BCUT2D eigenvalue weighted by Gasteiger charge is 2.16. The quantitative estimate of drug-likeness (QED) is 0.288. The summed E-state index contributed by atoms with van der Waals surface area (Å²) in [5.74, 6) is 1.75. The van der Waals surface area contributed by atoms with E-state index in [1.54, 1.807) is 21.3 Å². The molecule has 0 bridgehead atoms. The second kappa shape index (κ2) is 8.87. The van der Waals surface area contributed by atoms with Crippen LogP contribution in [0.25, 0.3) is 27.4 Å². The number of hydrogen-bond donors (Lipinski definition) is 1. The molecular formula is C29H26N2O3. The van der Waals surface area contributed by atoms with Crippen LogP contribution in [0.1, 0.15) is 5.56 Å². The molecule has 5 aromatic rings. The Hall–Kier alpha value is -4.38. The highest BCUT2D eigenvalue weighted by Crippen LogP contribution is 2.40. The number of methoxy groups -OCH3 is 3. The lowest BCUT2D eigenvalue weighted by atomic mass is 10.1. The fourth-order valence-electron chi connectivity index (χ4n) is 4.33. The number of aromatic nitrogens is 1. The zero-order valence-electron chi connectivity index (χ0n) is 19.5. The van der Waals surface area contributed by atoms with Crippen molar-refractivity contribution in [3.63, 3.8) is 0 Å². The Balaban J connectivity index is 1.49. The van der Waals surface area contributed by atoms with Crippen molar-refractivity contribution in [2.75, 3.05) is 26.6 Å². The first-order valence-corrected chi connectivity index (χ1v) is 11.0. The van der Waals surface area contributed by atoms with Crippen molar-refractivity contribution in [3.05, 3.63) is 97.2 Å². The maximum atomic E-state index is 5.51. The predicted molar refractivity (Wildman–Crippen MR) is 140 cm³/mol. The van der Waals surface area contributed by atoms with Crippen molar-refractivity contribution >= 4 is 38.7 Å². The molecule has 4 aromatic carbocycles. The van der Waals surface area contributed by atoms with Crippen molar-refractivity contribution in [1.82, 2.24) is 4.57 Å². The minimum Gasteiger partial charge on any atom is -0.493 e. The summed E-state index contributed by atoms with van der Waals surface area (Å²) >= 11 is 0. The second-order valence-electron chi connectivity index (χ2n) is 7.97. The summed E-state index contributed by atoms with van der Waals surface area (Å²) in [6.07, 6.45) is 2.03. The standard InChI is InChI=1S/C29H26N2O3/c1-19(22-17-27(32-2)29(34-4)28(18-22)33-3)31-15-14-21-16-23(12-13-26(21)31)30-25-11-7-9-20-8-5-6-10-24(20)25/h5-18,30H,1H2,2-4H3. The van der Waals surface area contributed by atoms with Gasteiger partial charge in [-0.05, 0) is 47.9 Å². The summed E-state index contributed by atoms with van der Waals surface area (Å²) in [6.45, 7) is 4.34. The SMILES string of the molecule is C=C(c1cc(OC)c(OC)c(OC)c1)n1ccc2cc(Nc3cccc4ccccc34)ccc21. The van der Waals surface area contributed by atoms with E-state index in [4.69, 9.17) is 14.2 Å². The Morgan fingerprint density at radius 3 is 2.24 bits per heavy atom. The lowest BCUT2D eigenvalue weighted by Crippen LogP contribution is -2.00. The van der Waals surface area contributed by atoms with Crippen molar-refractivity contribution in [3.8, 4) is 17.2 Å². The zero-order valence-corrected chi connectivity index (χ0v) is 19.5. The normalized spacial score (nSPS) is 10.9. The highest BCUT2D eigenvalue weighted by atomic mass is 16.5. The van der Waals surface area contributed by atoms with Crippen LogP contribution < -0.4 is 19.5 Å². The third-order valence-corrected chi connectivity index (χ3v) is 6.05. The van der Waals surface area contributed by atoms with Gasteiger partial charge in [0.15, 0.2) is 11.5 Å². The van der Waals surface area contributed by atoms with E-state index < -0.39 is 0 Å². The van der Waals surface area contributed by atoms with E-state index in [0.717, 1.165) is 33.5 Å². The summed E-state index contributed by atoms with van der Waals surface area (Å²) in [5.41, 5.74) is 4.86. The first-order valence-electron chi connectivity index (χ1n) is 11.0. The Morgan fingerprint density at radius 2 is 1.50 bits per heavy atom. The molecule has 0 radical (unpaired) electrons. The number of nitrogens with zero attached hydrogens (tertiary/aromatic N) is 1. The number of hydrogen-bond acceptors (Lipinski definition) is 4. The van der Waals surface area contributed by atoms with Crippen molar-refractivity contribution in [1.29, 1.82) is 0 Å². The molecule has 0 spiro atoms. The van der Waals surface area contributed by atoms with Crippen LogP contribution >= 0.6 is 0 Å². The number of fused-ring (bicyclic) bond motifs is 2. The summed E-state index contributed by atoms with van der Waals surface area (Å²) in [6, 6.07) is 26.9. The second-order valence-corrected chi connectivity index (χ2v) is 7.97. The van der Waals surface area contributed by atoms with Crippen LogP contribution in [0.5, 0.6) is 17.2 Å². The lowest BCUT2D eigenvalue weighted by molar-refractivity contribution is 0.324. The van der Waals surface area contributed by atoms with Crippen molar-refractivity contribution < 1.29 is 14.2 Å². The first-order chi connectivity index (χ1) is 16.6. The van der Waals surface area contributed by atoms with Crippen LogP contribution in [0.15, 0.2) is 91.6 Å². The third-order valence-electron chi connectivity index (χ3n) is 6.05. The molecule has 5 rings (SSSR count). The number of benzene rings is 4. The van der Waals surface area contributed by atoms with Gasteiger partial charge in [-0.25, -0.2) is 0 Å². The largest absolute Gasteiger partial charge is 0.493 e. The molecular weight excluding hydrogens is 424 g/mol. The molecule has 0 saturated heterocycles. The van der Waals surface area contributed by atoms with E-state index in [-0.39, 0.29) is 0 Å². The Labute approximate surface area is 198 Å². The molecule has 0 fully saturated rings. The maximum absolute atomic E-state index is 5.51. The fourth-order valence-corrected chi connectivity index (χ4v) is 4.33. The molecule has 0 aliphatic carbocycles. The van der Waals surface area contributed by atoms with E-state index in [9.17, 15) is 0 Å². The average Bonchev–Trinajstić information content (AvgIpc) is 3.30. The number of rotatable bonds is 7. The topological polar surface area (TPSA) is 44.7 Å². The van der Waals surface area contributed by atoms with Crippen LogP contribution in [0, 0.1) is 0 Å². The molecule has 5 heteroatoms. The zero-order chi connectivity index (χ0) is 23.7. The van der Waals surface area contributed by atoms with E-state index in [1.165, 1.54) is 10.8 Å². The fraction of sp³-hybridized carbons (Fsp3) is 0.103. The van der Waals surface area contributed by atoms with Crippen LogP contribution in [0.3, 0.4) is 0 Å². The molecule has 0 saturated carbocycles. The molecule has 0 aliphatic rings. The minimum absolute atomic E-state index is 0.558. The number of anilines is 2. The Morgan fingerprint density at radius 1 is 0.765 bits per heavy atom. The maximum Gasteiger partial charge on any atom is 0.203 e. The van der Waals surface area contributed by atoms with Gasteiger partial charge in [-0.1, -0.05) is 43.0 Å². The summed E-state index contributed by atoms with van der Waals surface area (Å²) in [4.78, 5) is 0. The molecule has 0 amide bonds. The van der Waals surface area contributed by atoms with Crippen LogP contribution in [-0.2, 0) is 0 Å². The molecule has 0 unspecified atom stereocenters. The van der Waals surface area contributed by atoms with Gasteiger partial charge in [0.05, 0.1) is 26.8 Å². The van der Waals surface area contributed by atoms with E-state index in [0.29, 0.717) is 17.2 Å². The molecule has 34 heavy (non-hydrogen) atoms. The monoisotopic (exact) mass is 450 g/mol. The van der Waals surface area contributed by atoms with E-state index in [1.807, 2.05) is 18.3 Å². The third kappa shape index (κ3) is 3.71. The molecule has 1 heterocycles. The van der Waals surface area contributed by atoms with Gasteiger partial charge in [0, 0.05) is 39.6 Å². The minimum atomic E-state index is 0.558. The lowest BCUT2D eigenvalue weighted by Gasteiger charge is -2.16. The van der Waals surface area contributed by atoms with Gasteiger partial charge in [0.2, 0.25) is 5.75 Å². The smallest absolute Gasteiger partial charge is 0.203 e. The molecule has 170 valence electrons. The molecule has 5 nitrogen and oxygen atoms in total. The summed E-state index contributed by atoms with van der Waals surface area (Å²) < 4.78 is 18.5.